The molecular formula is C9H8Cl2N4. The quantitative estimate of drug-likeness (QED) is 0.722. The van der Waals surface area contributed by atoms with Gasteiger partial charge in [-0.25, -0.2) is 9.97 Å². The molecule has 0 saturated heterocycles. The van der Waals surface area contributed by atoms with Crippen LogP contribution in [0, 0.1) is 6.92 Å². The lowest BCUT2D eigenvalue weighted by Crippen LogP contribution is -1.94. The van der Waals surface area contributed by atoms with Gasteiger partial charge in [-0.1, -0.05) is 23.2 Å². The van der Waals surface area contributed by atoms with Crippen LogP contribution in [-0.2, 0) is 7.05 Å². The molecule has 0 aliphatic rings. The average Bonchev–Trinajstić information content (AvgIpc) is 2.46. The van der Waals surface area contributed by atoms with E-state index in [1.807, 2.05) is 14.0 Å². The van der Waals surface area contributed by atoms with Crippen molar-refractivity contribution in [2.45, 2.75) is 6.92 Å². The van der Waals surface area contributed by atoms with Crippen LogP contribution in [0.1, 0.15) is 5.69 Å². The SMILES string of the molecule is Cc1c(-c2nc(Cl)cc(Cl)n2)cnn1C. The third-order valence-corrected chi connectivity index (χ3v) is 2.53. The molecule has 0 spiro atoms. The first kappa shape index (κ1) is 10.4. The van der Waals surface area contributed by atoms with E-state index < -0.39 is 0 Å². The first-order valence-electron chi connectivity index (χ1n) is 4.27. The summed E-state index contributed by atoms with van der Waals surface area (Å²) < 4.78 is 1.74. The Labute approximate surface area is 96.9 Å². The van der Waals surface area contributed by atoms with E-state index in [1.54, 1.807) is 10.9 Å². The Morgan fingerprint density at radius 1 is 1.20 bits per heavy atom. The normalized spacial score (nSPS) is 10.7. The highest BCUT2D eigenvalue weighted by Crippen LogP contribution is 2.22. The zero-order chi connectivity index (χ0) is 11.0. The summed E-state index contributed by atoms with van der Waals surface area (Å²) in [4.78, 5) is 8.19. The topological polar surface area (TPSA) is 43.6 Å². The van der Waals surface area contributed by atoms with E-state index in [-0.39, 0.29) is 0 Å². The van der Waals surface area contributed by atoms with Crippen LogP contribution in [0.5, 0.6) is 0 Å². The maximum atomic E-state index is 5.80. The molecule has 4 nitrogen and oxygen atoms in total. The molecule has 15 heavy (non-hydrogen) atoms. The van der Waals surface area contributed by atoms with E-state index in [1.165, 1.54) is 6.07 Å². The fraction of sp³-hybridized carbons (Fsp3) is 0.222. The van der Waals surface area contributed by atoms with Crippen LogP contribution in [0.3, 0.4) is 0 Å². The smallest absolute Gasteiger partial charge is 0.165 e. The molecule has 0 saturated carbocycles. The molecule has 0 N–H and O–H groups in total. The van der Waals surface area contributed by atoms with Gasteiger partial charge < -0.3 is 0 Å². The van der Waals surface area contributed by atoms with Gasteiger partial charge in [0.05, 0.1) is 11.8 Å². The van der Waals surface area contributed by atoms with E-state index in [0.29, 0.717) is 16.1 Å². The molecule has 2 heterocycles. The van der Waals surface area contributed by atoms with Crippen molar-refractivity contribution >= 4 is 23.2 Å². The maximum absolute atomic E-state index is 5.80. The monoisotopic (exact) mass is 242 g/mol. The number of hydrogen-bond donors (Lipinski definition) is 0. The van der Waals surface area contributed by atoms with Crippen molar-refractivity contribution < 1.29 is 0 Å². The van der Waals surface area contributed by atoms with Gasteiger partial charge >= 0.3 is 0 Å². The highest BCUT2D eigenvalue weighted by molar-refractivity contribution is 6.33. The Morgan fingerprint density at radius 2 is 1.80 bits per heavy atom. The molecule has 2 aromatic heterocycles. The fourth-order valence-electron chi connectivity index (χ4n) is 1.23. The number of hydrogen-bond acceptors (Lipinski definition) is 3. The van der Waals surface area contributed by atoms with E-state index in [9.17, 15) is 0 Å². The summed E-state index contributed by atoms with van der Waals surface area (Å²) in [5, 5.41) is 4.76. The van der Waals surface area contributed by atoms with Gasteiger partial charge in [0.1, 0.15) is 10.3 Å². The van der Waals surface area contributed by atoms with Gasteiger partial charge in [-0.05, 0) is 6.92 Å². The average molecular weight is 243 g/mol. The van der Waals surface area contributed by atoms with Crippen LogP contribution in [0.25, 0.3) is 11.4 Å². The minimum absolute atomic E-state index is 0.327. The Kier molecular flexibility index (Phi) is 2.63. The zero-order valence-corrected chi connectivity index (χ0v) is 9.71. The van der Waals surface area contributed by atoms with Crippen molar-refractivity contribution in [1.29, 1.82) is 0 Å². The molecule has 0 aliphatic carbocycles. The summed E-state index contributed by atoms with van der Waals surface area (Å²) in [5.41, 5.74) is 1.80. The second-order valence-electron chi connectivity index (χ2n) is 3.10. The predicted octanol–water partition coefficient (Wildman–Crippen LogP) is 2.49. The Hall–Kier alpha value is -1.13. The van der Waals surface area contributed by atoms with Gasteiger partial charge in [0.2, 0.25) is 0 Å². The summed E-state index contributed by atoms with van der Waals surface area (Å²) in [6, 6.07) is 1.50. The lowest BCUT2D eigenvalue weighted by atomic mass is 10.2. The standard InChI is InChI=1S/C9H8Cl2N4/c1-5-6(4-12-15(5)2)9-13-7(10)3-8(11)14-9/h3-4H,1-2H3. The Morgan fingerprint density at radius 3 is 2.27 bits per heavy atom. The van der Waals surface area contributed by atoms with Crippen molar-refractivity contribution in [3.63, 3.8) is 0 Å². The van der Waals surface area contributed by atoms with Crippen molar-refractivity contribution in [1.82, 2.24) is 19.7 Å². The van der Waals surface area contributed by atoms with Crippen molar-refractivity contribution in [2.75, 3.05) is 0 Å². The second-order valence-corrected chi connectivity index (χ2v) is 3.88. The van der Waals surface area contributed by atoms with Gasteiger partial charge in [-0.3, -0.25) is 4.68 Å². The number of rotatable bonds is 1. The van der Waals surface area contributed by atoms with Gasteiger partial charge in [-0.15, -0.1) is 0 Å². The summed E-state index contributed by atoms with van der Waals surface area (Å²) in [6.07, 6.45) is 1.69. The molecule has 0 amide bonds. The molecule has 0 fully saturated rings. The van der Waals surface area contributed by atoms with E-state index in [0.717, 1.165) is 11.3 Å². The largest absolute Gasteiger partial charge is 0.272 e. The minimum Gasteiger partial charge on any atom is -0.272 e. The minimum atomic E-state index is 0.327. The lowest BCUT2D eigenvalue weighted by Gasteiger charge is -2.00. The molecule has 6 heteroatoms. The summed E-state index contributed by atoms with van der Waals surface area (Å²) in [7, 11) is 1.85. The van der Waals surface area contributed by atoms with Gasteiger partial charge in [0, 0.05) is 18.8 Å². The number of aromatic nitrogens is 4. The van der Waals surface area contributed by atoms with Crippen molar-refractivity contribution in [3.05, 3.63) is 28.3 Å². The highest BCUT2D eigenvalue weighted by Gasteiger charge is 2.10. The van der Waals surface area contributed by atoms with Crippen LogP contribution in [0.15, 0.2) is 12.3 Å². The predicted molar refractivity (Wildman–Crippen MR) is 59.0 cm³/mol. The lowest BCUT2D eigenvalue weighted by molar-refractivity contribution is 0.740. The highest BCUT2D eigenvalue weighted by atomic mass is 35.5. The van der Waals surface area contributed by atoms with E-state index in [2.05, 4.69) is 15.1 Å². The zero-order valence-electron chi connectivity index (χ0n) is 8.20. The van der Waals surface area contributed by atoms with E-state index >= 15 is 0 Å². The second kappa shape index (κ2) is 3.79. The van der Waals surface area contributed by atoms with Gasteiger partial charge in [-0.2, -0.15) is 5.10 Å². The first-order valence-corrected chi connectivity index (χ1v) is 5.02. The Balaban J connectivity index is 2.58. The van der Waals surface area contributed by atoms with Crippen LogP contribution >= 0.6 is 23.2 Å². The van der Waals surface area contributed by atoms with Crippen LogP contribution in [-0.4, -0.2) is 19.7 Å². The number of aryl methyl sites for hydroxylation is 1. The molecule has 0 aromatic carbocycles. The molecule has 0 aliphatic heterocycles. The van der Waals surface area contributed by atoms with Gasteiger partial charge in [0.15, 0.2) is 5.82 Å². The molecular weight excluding hydrogens is 235 g/mol. The first-order chi connectivity index (χ1) is 7.08. The molecule has 78 valence electrons. The Bertz CT molecular complexity index is 487. The van der Waals surface area contributed by atoms with Crippen LogP contribution in [0.4, 0.5) is 0 Å². The number of halogens is 2. The molecule has 0 bridgehead atoms. The molecule has 0 radical (unpaired) electrons. The summed E-state index contributed by atoms with van der Waals surface area (Å²) in [5.74, 6) is 0.498. The van der Waals surface area contributed by atoms with Crippen LogP contribution in [0.2, 0.25) is 10.3 Å². The molecule has 2 rings (SSSR count). The van der Waals surface area contributed by atoms with Crippen molar-refractivity contribution in [2.24, 2.45) is 7.05 Å². The van der Waals surface area contributed by atoms with E-state index in [4.69, 9.17) is 23.2 Å². The third-order valence-electron chi connectivity index (χ3n) is 2.14. The fourth-order valence-corrected chi connectivity index (χ4v) is 1.65. The summed E-state index contributed by atoms with van der Waals surface area (Å²) in [6.45, 7) is 1.93. The maximum Gasteiger partial charge on any atom is 0.165 e. The third kappa shape index (κ3) is 1.96. The van der Waals surface area contributed by atoms with Crippen LogP contribution < -0.4 is 0 Å². The molecule has 2 aromatic rings. The molecule has 0 unspecified atom stereocenters. The van der Waals surface area contributed by atoms with Crippen molar-refractivity contribution in [3.8, 4) is 11.4 Å². The molecule has 0 atom stereocenters. The number of nitrogens with zero attached hydrogens (tertiary/aromatic N) is 4. The summed E-state index contributed by atoms with van der Waals surface area (Å²) >= 11 is 11.6. The van der Waals surface area contributed by atoms with Gasteiger partial charge in [0.25, 0.3) is 0 Å².